The van der Waals surface area contributed by atoms with E-state index in [4.69, 9.17) is 5.73 Å². The molecule has 2 heterocycles. The zero-order valence-corrected chi connectivity index (χ0v) is 11.6. The zero-order valence-electron chi connectivity index (χ0n) is 10.7. The Morgan fingerprint density at radius 1 is 1.53 bits per heavy atom. The van der Waals surface area contributed by atoms with Gasteiger partial charge in [-0.05, 0) is 12.8 Å². The van der Waals surface area contributed by atoms with E-state index in [9.17, 15) is 4.79 Å². The molecule has 1 atom stereocenters. The summed E-state index contributed by atoms with van der Waals surface area (Å²) in [4.78, 5) is 16.5. The van der Waals surface area contributed by atoms with Gasteiger partial charge in [0.05, 0.1) is 17.2 Å². The maximum absolute atomic E-state index is 12.3. The van der Waals surface area contributed by atoms with Crippen molar-refractivity contribution in [1.29, 1.82) is 0 Å². The molecule has 6 heteroatoms. The third-order valence-corrected chi connectivity index (χ3v) is 4.82. The number of carbonyl (C=O) groups excluding carboxylic acids is 1. The van der Waals surface area contributed by atoms with Crippen LogP contribution in [0, 0.1) is 0 Å². The molecule has 1 aromatic heterocycles. The molecule has 1 aliphatic heterocycles. The van der Waals surface area contributed by atoms with E-state index in [-0.39, 0.29) is 11.9 Å². The van der Waals surface area contributed by atoms with Crippen molar-refractivity contribution >= 4 is 22.2 Å². The van der Waals surface area contributed by atoms with Crippen molar-refractivity contribution in [2.45, 2.75) is 43.7 Å². The lowest BCUT2D eigenvalue weighted by atomic mass is 9.91. The summed E-state index contributed by atoms with van der Waals surface area (Å²) in [6.07, 6.45) is 6.29. The van der Waals surface area contributed by atoms with Crippen LogP contribution in [0.2, 0.25) is 0 Å². The second-order valence-corrected chi connectivity index (χ2v) is 6.47. The molecule has 0 bridgehead atoms. The second-order valence-electron chi connectivity index (χ2n) is 5.33. The highest BCUT2D eigenvalue weighted by atomic mass is 32.1. The van der Waals surface area contributed by atoms with Crippen molar-refractivity contribution < 1.29 is 4.79 Å². The van der Waals surface area contributed by atoms with E-state index in [1.54, 1.807) is 6.20 Å². The monoisotopic (exact) mass is 278 g/mol. The molecule has 2 aliphatic rings. The first kappa shape index (κ1) is 12.5. The molecule has 0 aromatic carbocycles. The lowest BCUT2D eigenvalue weighted by molar-refractivity contribution is -0.129. The number of carbonyl (C=O) groups is 1. The van der Waals surface area contributed by atoms with Crippen LogP contribution in [0.1, 0.15) is 30.7 Å². The predicted octanol–water partition coefficient (Wildman–Crippen LogP) is 1.18. The topological polar surface area (TPSA) is 80.0 Å². The largest absolute Gasteiger partial charge is 0.389 e. The summed E-state index contributed by atoms with van der Waals surface area (Å²) in [6.45, 7) is 4.07. The zero-order chi connectivity index (χ0) is 13.5. The Balaban J connectivity index is 1.72. The molecule has 1 aromatic rings. The smallest absolute Gasteiger partial charge is 0.246 e. The van der Waals surface area contributed by atoms with Gasteiger partial charge in [-0.2, -0.15) is 0 Å². The quantitative estimate of drug-likeness (QED) is 0.759. The number of hydrogen-bond acceptors (Lipinski definition) is 5. The molecule has 1 spiro atoms. The van der Waals surface area contributed by atoms with E-state index < -0.39 is 5.54 Å². The van der Waals surface area contributed by atoms with Gasteiger partial charge in [-0.3, -0.25) is 4.79 Å². The van der Waals surface area contributed by atoms with Crippen molar-refractivity contribution in [1.82, 2.24) is 15.6 Å². The first-order valence-electron chi connectivity index (χ1n) is 6.57. The van der Waals surface area contributed by atoms with Gasteiger partial charge in [-0.25, -0.2) is 4.98 Å². The van der Waals surface area contributed by atoms with Gasteiger partial charge in [-0.15, -0.1) is 11.3 Å². The summed E-state index contributed by atoms with van der Waals surface area (Å²) >= 11 is 1.45. The average Bonchev–Trinajstić information content (AvgIpc) is 2.97. The standard InChI is InChI=1S/C13H18N4OS/c1-8-9(6-11-15-7-10(14)19-11)16-12(18)13(17-8)4-2-3-5-13/h7,9,17H,1-6,14H2,(H,16,18). The molecule has 0 radical (unpaired) electrons. The van der Waals surface area contributed by atoms with E-state index in [2.05, 4.69) is 22.2 Å². The molecule has 4 N–H and O–H groups in total. The summed E-state index contributed by atoms with van der Waals surface area (Å²) in [5.74, 6) is 0.104. The van der Waals surface area contributed by atoms with E-state index in [1.807, 2.05) is 0 Å². The van der Waals surface area contributed by atoms with E-state index in [0.29, 0.717) is 11.4 Å². The van der Waals surface area contributed by atoms with E-state index in [1.165, 1.54) is 11.3 Å². The van der Waals surface area contributed by atoms with Gasteiger partial charge in [-0.1, -0.05) is 19.4 Å². The van der Waals surface area contributed by atoms with Gasteiger partial charge >= 0.3 is 0 Å². The van der Waals surface area contributed by atoms with Crippen LogP contribution in [-0.4, -0.2) is 22.5 Å². The van der Waals surface area contributed by atoms with Crippen molar-refractivity contribution in [2.75, 3.05) is 5.73 Å². The maximum atomic E-state index is 12.3. The van der Waals surface area contributed by atoms with Crippen LogP contribution in [0.5, 0.6) is 0 Å². The number of nitrogens with zero attached hydrogens (tertiary/aromatic N) is 1. The number of anilines is 1. The number of piperazine rings is 1. The van der Waals surface area contributed by atoms with Crippen molar-refractivity contribution in [2.24, 2.45) is 0 Å². The minimum absolute atomic E-state index is 0.0933. The van der Waals surface area contributed by atoms with Crippen LogP contribution < -0.4 is 16.4 Å². The van der Waals surface area contributed by atoms with Crippen LogP contribution in [0.4, 0.5) is 5.00 Å². The number of amides is 1. The molecule has 1 unspecified atom stereocenters. The van der Waals surface area contributed by atoms with E-state index in [0.717, 1.165) is 36.4 Å². The Kier molecular flexibility index (Phi) is 2.97. The number of aromatic nitrogens is 1. The summed E-state index contributed by atoms with van der Waals surface area (Å²) in [7, 11) is 0. The maximum Gasteiger partial charge on any atom is 0.246 e. The van der Waals surface area contributed by atoms with Gasteiger partial charge in [0.2, 0.25) is 5.91 Å². The third kappa shape index (κ3) is 2.20. The van der Waals surface area contributed by atoms with Crippen molar-refractivity contribution in [3.63, 3.8) is 0 Å². The molecular weight excluding hydrogens is 260 g/mol. The van der Waals surface area contributed by atoms with E-state index >= 15 is 0 Å². The van der Waals surface area contributed by atoms with Crippen LogP contribution in [-0.2, 0) is 11.2 Å². The summed E-state index contributed by atoms with van der Waals surface area (Å²) in [5.41, 5.74) is 6.15. The number of nitrogens with one attached hydrogen (secondary N) is 2. The minimum Gasteiger partial charge on any atom is -0.389 e. The fraction of sp³-hybridized carbons (Fsp3) is 0.538. The Hall–Kier alpha value is -1.56. The lowest BCUT2D eigenvalue weighted by Gasteiger charge is -2.40. The first-order chi connectivity index (χ1) is 9.09. The molecule has 102 valence electrons. The van der Waals surface area contributed by atoms with Gasteiger partial charge in [0.1, 0.15) is 10.5 Å². The van der Waals surface area contributed by atoms with Crippen LogP contribution >= 0.6 is 11.3 Å². The predicted molar refractivity (Wildman–Crippen MR) is 75.6 cm³/mol. The van der Waals surface area contributed by atoms with Crippen molar-refractivity contribution in [3.8, 4) is 0 Å². The molecule has 1 aliphatic carbocycles. The molecule has 1 amide bonds. The normalized spacial score (nSPS) is 25.4. The molecule has 2 fully saturated rings. The van der Waals surface area contributed by atoms with Crippen molar-refractivity contribution in [3.05, 3.63) is 23.5 Å². The van der Waals surface area contributed by atoms with Gasteiger partial charge in [0.25, 0.3) is 0 Å². The number of thiazole rings is 1. The molecular formula is C13H18N4OS. The Labute approximate surface area is 116 Å². The second kappa shape index (κ2) is 4.52. The SMILES string of the molecule is C=C1NC2(CCCC2)C(=O)NC1Cc1ncc(N)s1. The minimum atomic E-state index is -0.407. The molecule has 1 saturated heterocycles. The molecule has 19 heavy (non-hydrogen) atoms. The van der Waals surface area contributed by atoms with Gasteiger partial charge in [0.15, 0.2) is 0 Å². The lowest BCUT2D eigenvalue weighted by Crippen LogP contribution is -2.64. The fourth-order valence-corrected chi connectivity index (χ4v) is 3.67. The molecule has 5 nitrogen and oxygen atoms in total. The Morgan fingerprint density at radius 2 is 2.26 bits per heavy atom. The van der Waals surface area contributed by atoms with Crippen LogP contribution in [0.25, 0.3) is 0 Å². The van der Waals surface area contributed by atoms with Crippen LogP contribution in [0.3, 0.4) is 0 Å². The number of rotatable bonds is 2. The number of nitrogen functional groups attached to an aromatic ring is 1. The average molecular weight is 278 g/mol. The highest BCUT2D eigenvalue weighted by Crippen LogP contribution is 2.33. The highest BCUT2D eigenvalue weighted by molar-refractivity contribution is 7.15. The first-order valence-corrected chi connectivity index (χ1v) is 7.39. The van der Waals surface area contributed by atoms with Crippen LogP contribution in [0.15, 0.2) is 18.5 Å². The van der Waals surface area contributed by atoms with Gasteiger partial charge < -0.3 is 16.4 Å². The Bertz CT molecular complexity index is 518. The summed E-state index contributed by atoms with van der Waals surface area (Å²) in [5, 5.41) is 8.06. The molecule has 1 saturated carbocycles. The highest BCUT2D eigenvalue weighted by Gasteiger charge is 2.45. The Morgan fingerprint density at radius 3 is 2.89 bits per heavy atom. The molecule has 3 rings (SSSR count). The third-order valence-electron chi connectivity index (χ3n) is 3.97. The summed E-state index contributed by atoms with van der Waals surface area (Å²) < 4.78 is 0. The van der Waals surface area contributed by atoms with Gasteiger partial charge in [0, 0.05) is 12.1 Å². The fourth-order valence-electron chi connectivity index (χ4n) is 2.93. The number of hydrogen-bond donors (Lipinski definition) is 3. The summed E-state index contributed by atoms with van der Waals surface area (Å²) in [6, 6.07) is -0.0933. The number of nitrogens with two attached hydrogens (primary N) is 1.